The predicted molar refractivity (Wildman–Crippen MR) is 95.9 cm³/mol. The highest BCUT2D eigenvalue weighted by Crippen LogP contribution is 2.13. The average Bonchev–Trinajstić information content (AvgIpc) is 2.42. The van der Waals surface area contributed by atoms with Crippen LogP contribution in [0.25, 0.3) is 0 Å². The van der Waals surface area contributed by atoms with Gasteiger partial charge >= 0.3 is 0 Å². The molecular formula is C18H27NS. The van der Waals surface area contributed by atoms with Crippen molar-refractivity contribution in [1.82, 2.24) is 0 Å². The minimum absolute atomic E-state index is 0.807. The van der Waals surface area contributed by atoms with Gasteiger partial charge in [-0.05, 0) is 69.4 Å². The molecular weight excluding hydrogens is 262 g/mol. The second kappa shape index (κ2) is 10.4. The molecule has 0 aliphatic carbocycles. The predicted octanol–water partition coefficient (Wildman–Crippen LogP) is 5.41. The van der Waals surface area contributed by atoms with Gasteiger partial charge in [-0.3, -0.25) is 0 Å². The van der Waals surface area contributed by atoms with Crippen molar-refractivity contribution in [3.05, 3.63) is 58.4 Å². The fraction of sp³-hybridized carbons (Fsp3) is 0.389. The van der Waals surface area contributed by atoms with Crippen LogP contribution in [0, 0.1) is 0 Å². The maximum absolute atomic E-state index is 6.07. The lowest BCUT2D eigenvalue weighted by Crippen LogP contribution is -1.96. The summed E-state index contributed by atoms with van der Waals surface area (Å²) in [4.78, 5) is 0. The molecule has 0 fully saturated rings. The molecule has 0 bridgehead atoms. The summed E-state index contributed by atoms with van der Waals surface area (Å²) < 4.78 is 0. The third-order valence-electron chi connectivity index (χ3n) is 3.29. The Morgan fingerprint density at radius 3 is 2.30 bits per heavy atom. The van der Waals surface area contributed by atoms with Crippen LogP contribution < -0.4 is 5.73 Å². The van der Waals surface area contributed by atoms with Gasteiger partial charge in [0.1, 0.15) is 0 Å². The van der Waals surface area contributed by atoms with Gasteiger partial charge in [0.05, 0.1) is 0 Å². The zero-order valence-corrected chi connectivity index (χ0v) is 14.2. The van der Waals surface area contributed by atoms with E-state index >= 15 is 0 Å². The van der Waals surface area contributed by atoms with Crippen LogP contribution in [0.2, 0.25) is 0 Å². The molecule has 0 atom stereocenters. The minimum Gasteiger partial charge on any atom is -0.399 e. The van der Waals surface area contributed by atoms with E-state index in [2.05, 4.69) is 39.0 Å². The van der Waals surface area contributed by atoms with Crippen LogP contribution in [-0.4, -0.2) is 5.37 Å². The maximum Gasteiger partial charge on any atom is 0.0340 e. The lowest BCUT2D eigenvalue weighted by atomic mass is 10.1. The van der Waals surface area contributed by atoms with Crippen LogP contribution in [0.4, 0.5) is 0 Å². The van der Waals surface area contributed by atoms with E-state index in [0.29, 0.717) is 0 Å². The molecule has 0 saturated heterocycles. The molecule has 0 spiro atoms. The number of allylic oxidation sites excluding steroid dienone is 9. The SMILES string of the molecule is CC/C(C)=C/C/C=C/C(N)=C(C)C=C(C)C(C)=CC=S. The van der Waals surface area contributed by atoms with Crippen molar-refractivity contribution in [2.24, 2.45) is 5.73 Å². The molecule has 0 heterocycles. The largest absolute Gasteiger partial charge is 0.399 e. The van der Waals surface area contributed by atoms with E-state index in [0.717, 1.165) is 29.7 Å². The second-order valence-electron chi connectivity index (χ2n) is 4.99. The van der Waals surface area contributed by atoms with Gasteiger partial charge in [0.15, 0.2) is 0 Å². The van der Waals surface area contributed by atoms with Crippen LogP contribution in [0.15, 0.2) is 58.4 Å². The molecule has 0 aromatic carbocycles. The molecule has 1 nitrogen and oxygen atoms in total. The van der Waals surface area contributed by atoms with Crippen LogP contribution in [0.5, 0.6) is 0 Å². The molecule has 2 heteroatoms. The highest BCUT2D eigenvalue weighted by molar-refractivity contribution is 7.79. The van der Waals surface area contributed by atoms with Crippen LogP contribution in [0.1, 0.15) is 47.5 Å². The van der Waals surface area contributed by atoms with Crippen molar-refractivity contribution in [3.8, 4) is 0 Å². The van der Waals surface area contributed by atoms with Crippen molar-refractivity contribution in [2.45, 2.75) is 47.5 Å². The van der Waals surface area contributed by atoms with Gasteiger partial charge in [-0.15, -0.1) is 0 Å². The van der Waals surface area contributed by atoms with E-state index in [1.54, 1.807) is 5.37 Å². The Kier molecular flexibility index (Phi) is 9.65. The van der Waals surface area contributed by atoms with Crippen molar-refractivity contribution >= 4 is 17.6 Å². The zero-order valence-electron chi connectivity index (χ0n) is 13.4. The molecule has 0 aliphatic rings. The summed E-state index contributed by atoms with van der Waals surface area (Å²) in [5.74, 6) is 0. The van der Waals surface area contributed by atoms with Gasteiger partial charge < -0.3 is 5.73 Å². The first-order valence-corrected chi connectivity index (χ1v) is 7.48. The van der Waals surface area contributed by atoms with E-state index in [-0.39, 0.29) is 0 Å². The van der Waals surface area contributed by atoms with Gasteiger partial charge in [0, 0.05) is 11.1 Å². The average molecular weight is 289 g/mol. The van der Waals surface area contributed by atoms with Crippen molar-refractivity contribution in [2.75, 3.05) is 0 Å². The summed E-state index contributed by atoms with van der Waals surface area (Å²) >= 11 is 4.83. The summed E-state index contributed by atoms with van der Waals surface area (Å²) in [6, 6.07) is 0. The summed E-state index contributed by atoms with van der Waals surface area (Å²) in [5, 5.41) is 1.64. The molecule has 0 rings (SSSR count). The molecule has 0 aliphatic heterocycles. The first-order chi connectivity index (χ1) is 9.42. The van der Waals surface area contributed by atoms with Crippen LogP contribution in [-0.2, 0) is 0 Å². The fourth-order valence-electron chi connectivity index (χ4n) is 1.50. The van der Waals surface area contributed by atoms with Gasteiger partial charge in [-0.2, -0.15) is 0 Å². The minimum atomic E-state index is 0.807. The standard InChI is InChI=1S/C18H27NS/c1-6-14(2)9-7-8-10-18(19)17(5)13-16(4)15(3)11-12-20/h8-13H,6-7,19H2,1-5H3/b10-8+,14-9+,15-11?,16-13?,18-17?. The first-order valence-electron chi connectivity index (χ1n) is 7.01. The van der Waals surface area contributed by atoms with Gasteiger partial charge in [0.25, 0.3) is 0 Å². The van der Waals surface area contributed by atoms with Crippen molar-refractivity contribution in [3.63, 3.8) is 0 Å². The number of hydrogen-bond donors (Lipinski definition) is 1. The molecule has 2 N–H and O–H groups in total. The second-order valence-corrected chi connectivity index (χ2v) is 5.27. The highest BCUT2D eigenvalue weighted by atomic mass is 32.1. The van der Waals surface area contributed by atoms with E-state index in [4.69, 9.17) is 18.0 Å². The number of rotatable bonds is 7. The normalized spacial score (nSPS) is 15.6. The third-order valence-corrected chi connectivity index (χ3v) is 3.42. The summed E-state index contributed by atoms with van der Waals surface area (Å²) in [6.45, 7) is 10.5. The number of nitrogens with two attached hydrogens (primary N) is 1. The fourth-order valence-corrected chi connectivity index (χ4v) is 1.70. The third kappa shape index (κ3) is 7.90. The van der Waals surface area contributed by atoms with E-state index in [9.17, 15) is 0 Å². The molecule has 0 aromatic rings. The Labute approximate surface area is 129 Å². The van der Waals surface area contributed by atoms with Crippen molar-refractivity contribution in [1.29, 1.82) is 0 Å². The smallest absolute Gasteiger partial charge is 0.0340 e. The Hall–Kier alpha value is -1.41. The summed E-state index contributed by atoms with van der Waals surface area (Å²) in [5.41, 5.74) is 11.7. The Morgan fingerprint density at radius 1 is 1.10 bits per heavy atom. The van der Waals surface area contributed by atoms with Crippen LogP contribution >= 0.6 is 12.2 Å². The summed E-state index contributed by atoms with van der Waals surface area (Å²) in [7, 11) is 0. The van der Waals surface area contributed by atoms with Gasteiger partial charge in [-0.25, -0.2) is 0 Å². The van der Waals surface area contributed by atoms with E-state index in [1.165, 1.54) is 11.1 Å². The quantitative estimate of drug-likeness (QED) is 0.293. The molecule has 110 valence electrons. The molecule has 0 saturated carbocycles. The highest BCUT2D eigenvalue weighted by Gasteiger charge is 1.95. The van der Waals surface area contributed by atoms with E-state index < -0.39 is 0 Å². The Morgan fingerprint density at radius 2 is 1.75 bits per heavy atom. The maximum atomic E-state index is 6.07. The lowest BCUT2D eigenvalue weighted by Gasteiger charge is -2.03. The lowest BCUT2D eigenvalue weighted by molar-refractivity contribution is 1.08. The number of hydrogen-bond acceptors (Lipinski definition) is 2. The number of thiocarbonyl (C=S) groups is 1. The Balaban J connectivity index is 4.83. The Bertz CT molecular complexity index is 474. The zero-order chi connectivity index (χ0) is 15.5. The molecule has 20 heavy (non-hydrogen) atoms. The molecule has 0 aromatic heterocycles. The first kappa shape index (κ1) is 18.6. The molecule has 0 radical (unpaired) electrons. The van der Waals surface area contributed by atoms with Crippen molar-refractivity contribution < 1.29 is 0 Å². The molecule has 0 unspecified atom stereocenters. The van der Waals surface area contributed by atoms with E-state index in [1.807, 2.05) is 26.0 Å². The summed E-state index contributed by atoms with van der Waals surface area (Å²) in [6.07, 6.45) is 12.4. The monoisotopic (exact) mass is 289 g/mol. The topological polar surface area (TPSA) is 26.0 Å². The van der Waals surface area contributed by atoms with Gasteiger partial charge in [-0.1, -0.05) is 42.9 Å². The van der Waals surface area contributed by atoms with Gasteiger partial charge in [0.2, 0.25) is 0 Å². The van der Waals surface area contributed by atoms with Crippen LogP contribution in [0.3, 0.4) is 0 Å². The molecule has 0 amide bonds.